The minimum Gasteiger partial charge on any atom is -0.206 e. The zero-order valence-electron chi connectivity index (χ0n) is 6.14. The quantitative estimate of drug-likeness (QED) is 0.527. The summed E-state index contributed by atoms with van der Waals surface area (Å²) in [5, 5.41) is 0. The average molecular weight is 245 g/mol. The van der Waals surface area contributed by atoms with Crippen molar-refractivity contribution < 1.29 is 4.39 Å². The molecule has 3 heteroatoms. The van der Waals surface area contributed by atoms with Crippen molar-refractivity contribution in [3.05, 3.63) is 34.1 Å². The minimum atomic E-state index is -0.291. The van der Waals surface area contributed by atoms with E-state index >= 15 is 0 Å². The van der Waals surface area contributed by atoms with E-state index in [2.05, 4.69) is 40.4 Å². The largest absolute Gasteiger partial charge is 0.206 e. The molecule has 0 amide bonds. The topological polar surface area (TPSA) is 0 Å². The van der Waals surface area contributed by atoms with Crippen molar-refractivity contribution in [2.45, 2.75) is 0 Å². The van der Waals surface area contributed by atoms with Crippen molar-refractivity contribution in [3.63, 3.8) is 0 Å². The van der Waals surface area contributed by atoms with E-state index in [9.17, 15) is 4.39 Å². The van der Waals surface area contributed by atoms with E-state index in [1.165, 1.54) is 6.07 Å². The van der Waals surface area contributed by atoms with Crippen LogP contribution in [0.1, 0.15) is 5.56 Å². The Morgan fingerprint density at radius 3 is 2.83 bits per heavy atom. The van der Waals surface area contributed by atoms with Crippen LogP contribution in [-0.4, -0.2) is 5.75 Å². The maximum absolute atomic E-state index is 12.9. The molecule has 0 atom stereocenters. The van der Waals surface area contributed by atoms with E-state index in [0.29, 0.717) is 15.8 Å². The van der Waals surface area contributed by atoms with Crippen LogP contribution in [0.5, 0.6) is 0 Å². The molecule has 12 heavy (non-hydrogen) atoms. The number of benzene rings is 1. The molecule has 1 aromatic rings. The Morgan fingerprint density at radius 2 is 2.25 bits per heavy atom. The molecule has 0 aliphatic rings. The van der Waals surface area contributed by atoms with Crippen LogP contribution in [0.2, 0.25) is 0 Å². The van der Waals surface area contributed by atoms with Gasteiger partial charge in [-0.2, -0.15) is 12.6 Å². The normalized spacial score (nSPS) is 8.92. The molecular weight excluding hydrogens is 239 g/mol. The van der Waals surface area contributed by atoms with Crippen molar-refractivity contribution in [3.8, 4) is 11.8 Å². The Morgan fingerprint density at radius 1 is 1.50 bits per heavy atom. The molecule has 0 spiro atoms. The first-order valence-electron chi connectivity index (χ1n) is 3.29. The summed E-state index contributed by atoms with van der Waals surface area (Å²) in [4.78, 5) is 0. The van der Waals surface area contributed by atoms with Crippen LogP contribution in [0.15, 0.2) is 22.7 Å². The first kappa shape index (κ1) is 9.63. The lowest BCUT2D eigenvalue weighted by Gasteiger charge is -1.93. The van der Waals surface area contributed by atoms with Gasteiger partial charge < -0.3 is 0 Å². The molecule has 62 valence electrons. The number of thiol groups is 1. The summed E-state index contributed by atoms with van der Waals surface area (Å²) >= 11 is 6.98. The molecule has 0 fully saturated rings. The summed E-state index contributed by atoms with van der Waals surface area (Å²) in [5.74, 6) is 5.71. The van der Waals surface area contributed by atoms with Gasteiger partial charge in [0.05, 0.1) is 10.2 Å². The molecule has 0 saturated heterocycles. The summed E-state index contributed by atoms with van der Waals surface area (Å²) in [6.45, 7) is 0. The van der Waals surface area contributed by atoms with Crippen LogP contribution in [0, 0.1) is 17.7 Å². The summed E-state index contributed by atoms with van der Waals surface area (Å²) in [6, 6.07) is 4.78. The number of rotatable bonds is 0. The molecule has 0 heterocycles. The minimum absolute atomic E-state index is 0.291. The fourth-order valence-corrected chi connectivity index (χ4v) is 1.04. The first-order valence-corrected chi connectivity index (χ1v) is 4.71. The fourth-order valence-electron chi connectivity index (χ4n) is 0.715. The molecule has 0 saturated carbocycles. The molecule has 0 bridgehead atoms. The summed E-state index contributed by atoms with van der Waals surface area (Å²) in [5.41, 5.74) is 0.671. The molecule has 0 N–H and O–H groups in total. The predicted molar refractivity (Wildman–Crippen MR) is 54.8 cm³/mol. The second-order valence-corrected chi connectivity index (χ2v) is 3.26. The van der Waals surface area contributed by atoms with Gasteiger partial charge in [-0.1, -0.05) is 11.8 Å². The molecule has 0 unspecified atom stereocenters. The Bertz CT molecular complexity index is 338. The zero-order chi connectivity index (χ0) is 8.97. The highest BCUT2D eigenvalue weighted by atomic mass is 79.9. The second-order valence-electron chi connectivity index (χ2n) is 2.09. The average Bonchev–Trinajstić information content (AvgIpc) is 2.07. The number of halogens is 2. The molecule has 0 radical (unpaired) electrons. The smallest absolute Gasteiger partial charge is 0.138 e. The molecule has 0 aromatic heterocycles. The van der Waals surface area contributed by atoms with Gasteiger partial charge in [0.25, 0.3) is 0 Å². The summed E-state index contributed by atoms with van der Waals surface area (Å²) in [7, 11) is 0. The van der Waals surface area contributed by atoms with E-state index in [1.54, 1.807) is 12.1 Å². The lowest BCUT2D eigenvalue weighted by molar-refractivity contribution is 0.621. The second kappa shape index (κ2) is 4.54. The van der Waals surface area contributed by atoms with Crippen molar-refractivity contribution in [1.29, 1.82) is 0 Å². The van der Waals surface area contributed by atoms with Crippen LogP contribution in [0.3, 0.4) is 0 Å². The zero-order valence-corrected chi connectivity index (χ0v) is 8.62. The summed E-state index contributed by atoms with van der Waals surface area (Å²) < 4.78 is 13.3. The van der Waals surface area contributed by atoms with Crippen LogP contribution >= 0.6 is 28.6 Å². The van der Waals surface area contributed by atoms with Gasteiger partial charge >= 0.3 is 0 Å². The molecule has 0 nitrogen and oxygen atoms in total. The molecule has 0 aliphatic heterocycles. The lowest BCUT2D eigenvalue weighted by atomic mass is 10.2. The highest BCUT2D eigenvalue weighted by Gasteiger charge is 1.97. The monoisotopic (exact) mass is 244 g/mol. The number of hydrogen-bond donors (Lipinski definition) is 1. The molecule has 0 aliphatic carbocycles. The van der Waals surface area contributed by atoms with E-state index in [4.69, 9.17) is 0 Å². The summed E-state index contributed by atoms with van der Waals surface area (Å²) in [6.07, 6.45) is 0. The van der Waals surface area contributed by atoms with E-state index in [1.807, 2.05) is 0 Å². The SMILES string of the molecule is Fc1cc(C#CCS)ccc1Br. The first-order chi connectivity index (χ1) is 5.74. The fraction of sp³-hybridized carbons (Fsp3) is 0.111. The van der Waals surface area contributed by atoms with Gasteiger partial charge in [-0.3, -0.25) is 0 Å². The van der Waals surface area contributed by atoms with E-state index in [0.717, 1.165) is 0 Å². The molecule has 1 rings (SSSR count). The maximum Gasteiger partial charge on any atom is 0.138 e. The van der Waals surface area contributed by atoms with Gasteiger partial charge in [-0.25, -0.2) is 4.39 Å². The highest BCUT2D eigenvalue weighted by Crippen LogP contribution is 2.15. The van der Waals surface area contributed by atoms with Crippen molar-refractivity contribution in [2.75, 3.05) is 5.75 Å². The third-order valence-electron chi connectivity index (χ3n) is 1.23. The van der Waals surface area contributed by atoms with E-state index < -0.39 is 0 Å². The van der Waals surface area contributed by atoms with Gasteiger partial charge in [0, 0.05) is 5.56 Å². The van der Waals surface area contributed by atoms with Gasteiger partial charge in [-0.05, 0) is 34.1 Å². The third kappa shape index (κ3) is 2.54. The Balaban J connectivity index is 2.97. The Labute approximate surface area is 84.7 Å². The van der Waals surface area contributed by atoms with Crippen molar-refractivity contribution >= 4 is 28.6 Å². The van der Waals surface area contributed by atoms with Crippen LogP contribution < -0.4 is 0 Å². The van der Waals surface area contributed by atoms with Crippen LogP contribution in [0.4, 0.5) is 4.39 Å². The predicted octanol–water partition coefficient (Wildman–Crippen LogP) is 2.87. The van der Waals surface area contributed by atoms with Gasteiger partial charge in [0.15, 0.2) is 0 Å². The Kier molecular flexibility index (Phi) is 3.64. The number of hydrogen-bond acceptors (Lipinski definition) is 1. The van der Waals surface area contributed by atoms with Gasteiger partial charge in [0.2, 0.25) is 0 Å². The lowest BCUT2D eigenvalue weighted by Crippen LogP contribution is -1.80. The van der Waals surface area contributed by atoms with Crippen LogP contribution in [-0.2, 0) is 0 Å². The van der Waals surface area contributed by atoms with Crippen LogP contribution in [0.25, 0.3) is 0 Å². The molecule has 1 aromatic carbocycles. The van der Waals surface area contributed by atoms with Gasteiger partial charge in [0.1, 0.15) is 5.82 Å². The van der Waals surface area contributed by atoms with E-state index in [-0.39, 0.29) is 5.82 Å². The van der Waals surface area contributed by atoms with Gasteiger partial charge in [-0.15, -0.1) is 0 Å². The molecular formula is C9H6BrFS. The van der Waals surface area contributed by atoms with Crippen molar-refractivity contribution in [1.82, 2.24) is 0 Å². The highest BCUT2D eigenvalue weighted by molar-refractivity contribution is 9.10. The Hall–Kier alpha value is -0.460. The maximum atomic E-state index is 12.9. The van der Waals surface area contributed by atoms with Crippen molar-refractivity contribution in [2.24, 2.45) is 0 Å². The standard InChI is InChI=1S/C9H6BrFS/c10-8-4-3-7(2-1-5-12)6-9(8)11/h3-4,6,12H,5H2. The third-order valence-corrected chi connectivity index (χ3v) is 2.03.